The molecule has 3 nitrogen and oxygen atoms in total. The first-order valence-corrected chi connectivity index (χ1v) is 8.64. The largest absolute Gasteiger partial charge is 0.267 e. The molecule has 0 aliphatic rings. The van der Waals surface area contributed by atoms with Crippen LogP contribution in [-0.2, 0) is 15.8 Å². The van der Waals surface area contributed by atoms with Crippen molar-refractivity contribution in [2.24, 2.45) is 0 Å². The first-order valence-electron chi connectivity index (χ1n) is 7.03. The first kappa shape index (κ1) is 15.6. The molecule has 0 unspecified atom stereocenters. The summed E-state index contributed by atoms with van der Waals surface area (Å²) in [4.78, 5) is 0. The number of hydrogen-bond acceptors (Lipinski definition) is 2. The molecule has 0 atom stereocenters. The number of sulfonamides is 1. The van der Waals surface area contributed by atoms with E-state index in [-0.39, 0.29) is 11.8 Å². The Morgan fingerprint density at radius 3 is 2.24 bits per heavy atom. The molecule has 0 radical (unpaired) electrons. The van der Waals surface area contributed by atoms with Crippen molar-refractivity contribution in [3.05, 3.63) is 65.7 Å². The van der Waals surface area contributed by atoms with Crippen LogP contribution in [-0.4, -0.2) is 14.5 Å². The Morgan fingerprint density at radius 1 is 1.00 bits per heavy atom. The van der Waals surface area contributed by atoms with Crippen molar-refractivity contribution < 1.29 is 8.42 Å². The summed E-state index contributed by atoms with van der Waals surface area (Å²) in [5, 5.41) is 0. The van der Waals surface area contributed by atoms with Crippen molar-refractivity contribution in [2.75, 3.05) is 4.31 Å². The van der Waals surface area contributed by atoms with E-state index < -0.39 is 10.0 Å². The van der Waals surface area contributed by atoms with Crippen LogP contribution >= 0.6 is 0 Å². The first-order chi connectivity index (χ1) is 9.90. The number of hydrogen-bond donors (Lipinski definition) is 0. The Labute approximate surface area is 127 Å². The Morgan fingerprint density at radius 2 is 1.67 bits per heavy atom. The summed E-state index contributed by atoms with van der Waals surface area (Å²) >= 11 is 0. The van der Waals surface area contributed by atoms with E-state index in [4.69, 9.17) is 0 Å². The summed E-state index contributed by atoms with van der Waals surface area (Å²) in [5.41, 5.74) is 2.59. The van der Waals surface area contributed by atoms with E-state index in [9.17, 15) is 8.42 Å². The topological polar surface area (TPSA) is 37.4 Å². The number of anilines is 1. The minimum atomic E-state index is -3.41. The predicted octanol–water partition coefficient (Wildman–Crippen LogP) is 3.74. The Kier molecular flexibility index (Phi) is 4.68. The van der Waals surface area contributed by atoms with Crippen LogP contribution < -0.4 is 4.31 Å². The number of rotatable bonds is 5. The zero-order chi connectivity index (χ0) is 15.5. The van der Waals surface area contributed by atoms with Gasteiger partial charge in [0.15, 0.2) is 0 Å². The van der Waals surface area contributed by atoms with E-state index in [1.807, 2.05) is 75.4 Å². The highest BCUT2D eigenvalue weighted by molar-refractivity contribution is 7.92. The third-order valence-corrected chi connectivity index (χ3v) is 5.14. The molecule has 2 rings (SSSR count). The maximum absolute atomic E-state index is 12.8. The molecule has 0 heterocycles. The summed E-state index contributed by atoms with van der Waals surface area (Å²) < 4.78 is 27.1. The van der Waals surface area contributed by atoms with Gasteiger partial charge in [0.25, 0.3) is 0 Å². The maximum Gasteiger partial charge on any atom is 0.239 e. The number of nitrogens with zero attached hydrogens (tertiary/aromatic N) is 1. The Hall–Kier alpha value is -1.81. The molecule has 2 aromatic carbocycles. The van der Waals surface area contributed by atoms with Gasteiger partial charge in [0.2, 0.25) is 10.0 Å². The molecule has 4 heteroatoms. The lowest BCUT2D eigenvalue weighted by molar-refractivity contribution is 0.583. The van der Waals surface area contributed by atoms with Gasteiger partial charge in [0.1, 0.15) is 0 Å². The van der Waals surface area contributed by atoms with Crippen LogP contribution in [0.5, 0.6) is 0 Å². The van der Waals surface area contributed by atoms with E-state index in [1.54, 1.807) is 0 Å². The molecule has 0 aliphatic heterocycles. The number of benzene rings is 2. The minimum Gasteiger partial charge on any atom is -0.267 e. The monoisotopic (exact) mass is 303 g/mol. The predicted molar refractivity (Wildman–Crippen MR) is 87.9 cm³/mol. The fraction of sp³-hybridized carbons (Fsp3) is 0.294. The zero-order valence-corrected chi connectivity index (χ0v) is 13.5. The molecule has 2 aromatic rings. The van der Waals surface area contributed by atoms with Gasteiger partial charge in [-0.1, -0.05) is 48.0 Å². The molecule has 112 valence electrons. The van der Waals surface area contributed by atoms with E-state index in [0.29, 0.717) is 5.69 Å². The summed E-state index contributed by atoms with van der Waals surface area (Å²) in [6.45, 7) is 5.75. The molecule has 0 saturated carbocycles. The van der Waals surface area contributed by atoms with Crippen LogP contribution in [0.1, 0.15) is 25.0 Å². The van der Waals surface area contributed by atoms with Gasteiger partial charge >= 0.3 is 0 Å². The summed E-state index contributed by atoms with van der Waals surface area (Å²) in [5.74, 6) is 0.0156. The molecule has 0 saturated heterocycles. The highest BCUT2D eigenvalue weighted by atomic mass is 32.2. The molecule has 0 spiro atoms. The quantitative estimate of drug-likeness (QED) is 0.844. The smallest absolute Gasteiger partial charge is 0.239 e. The van der Waals surface area contributed by atoms with Gasteiger partial charge in [0.05, 0.1) is 11.4 Å². The van der Waals surface area contributed by atoms with Crippen molar-refractivity contribution in [1.82, 2.24) is 0 Å². The third kappa shape index (κ3) is 3.85. The fourth-order valence-electron chi connectivity index (χ4n) is 2.44. The lowest BCUT2D eigenvalue weighted by Gasteiger charge is -2.28. The summed E-state index contributed by atoms with van der Waals surface area (Å²) in [6.07, 6.45) is 0. The maximum atomic E-state index is 12.8. The van der Waals surface area contributed by atoms with Crippen LogP contribution in [0.25, 0.3) is 0 Å². The minimum absolute atomic E-state index is 0.0156. The molecular formula is C17H21NO2S. The average molecular weight is 303 g/mol. The molecule has 0 aliphatic carbocycles. The summed E-state index contributed by atoms with van der Waals surface area (Å²) in [6, 6.07) is 16.8. The van der Waals surface area contributed by atoms with Gasteiger partial charge in [0, 0.05) is 6.04 Å². The van der Waals surface area contributed by atoms with Crippen molar-refractivity contribution in [3.63, 3.8) is 0 Å². The SMILES string of the molecule is Cc1cccc(CS(=O)(=O)N(c2ccccc2)C(C)C)c1. The lowest BCUT2D eigenvalue weighted by atomic mass is 10.2. The van der Waals surface area contributed by atoms with Crippen LogP contribution in [0.2, 0.25) is 0 Å². The van der Waals surface area contributed by atoms with Gasteiger partial charge in [-0.2, -0.15) is 0 Å². The van der Waals surface area contributed by atoms with E-state index >= 15 is 0 Å². The van der Waals surface area contributed by atoms with Crippen LogP contribution in [0, 0.1) is 6.92 Å². The van der Waals surface area contributed by atoms with E-state index in [1.165, 1.54) is 4.31 Å². The second-order valence-electron chi connectivity index (χ2n) is 5.47. The lowest BCUT2D eigenvalue weighted by Crippen LogP contribution is -2.37. The van der Waals surface area contributed by atoms with Crippen molar-refractivity contribution in [1.29, 1.82) is 0 Å². The number of para-hydroxylation sites is 1. The van der Waals surface area contributed by atoms with Gasteiger partial charge in [-0.15, -0.1) is 0 Å². The molecule has 0 N–H and O–H groups in total. The van der Waals surface area contributed by atoms with Gasteiger partial charge in [-0.05, 0) is 38.5 Å². The Balaban J connectivity index is 2.35. The molecular weight excluding hydrogens is 282 g/mol. The average Bonchev–Trinajstić information content (AvgIpc) is 2.38. The molecule has 0 bridgehead atoms. The normalized spacial score (nSPS) is 11.6. The molecule has 0 amide bonds. The standard InChI is InChI=1S/C17H21NO2S/c1-14(2)18(17-10-5-4-6-11-17)21(19,20)13-16-9-7-8-15(3)12-16/h4-12,14H,13H2,1-3H3. The van der Waals surface area contributed by atoms with Gasteiger partial charge < -0.3 is 0 Å². The highest BCUT2D eigenvalue weighted by Gasteiger charge is 2.25. The second kappa shape index (κ2) is 6.31. The Bertz CT molecular complexity index is 694. The highest BCUT2D eigenvalue weighted by Crippen LogP contribution is 2.23. The third-order valence-electron chi connectivity index (χ3n) is 3.21. The van der Waals surface area contributed by atoms with Crippen LogP contribution in [0.15, 0.2) is 54.6 Å². The van der Waals surface area contributed by atoms with Crippen LogP contribution in [0.4, 0.5) is 5.69 Å². The van der Waals surface area contributed by atoms with E-state index in [2.05, 4.69) is 0 Å². The zero-order valence-electron chi connectivity index (χ0n) is 12.7. The van der Waals surface area contributed by atoms with Crippen LogP contribution in [0.3, 0.4) is 0 Å². The van der Waals surface area contributed by atoms with E-state index in [0.717, 1.165) is 11.1 Å². The number of aryl methyl sites for hydroxylation is 1. The second-order valence-corrected chi connectivity index (χ2v) is 7.32. The molecule has 21 heavy (non-hydrogen) atoms. The molecule has 0 fully saturated rings. The summed E-state index contributed by atoms with van der Waals surface area (Å²) in [7, 11) is -3.41. The fourth-order valence-corrected chi connectivity index (χ4v) is 4.26. The van der Waals surface area contributed by atoms with Gasteiger partial charge in [-0.25, -0.2) is 8.42 Å². The van der Waals surface area contributed by atoms with Crippen molar-refractivity contribution in [2.45, 2.75) is 32.6 Å². The van der Waals surface area contributed by atoms with Crippen molar-refractivity contribution in [3.8, 4) is 0 Å². The van der Waals surface area contributed by atoms with Crippen molar-refractivity contribution >= 4 is 15.7 Å². The molecule has 0 aromatic heterocycles. The van der Waals surface area contributed by atoms with Gasteiger partial charge in [-0.3, -0.25) is 4.31 Å².